The maximum atomic E-state index is 13.0. The number of ketones is 1. The molecule has 0 aromatic carbocycles. The molecule has 0 saturated heterocycles. The number of Topliss-reactive ketones (excluding diaryl/α,β-unsaturated/α-hetero) is 1. The van der Waals surface area contributed by atoms with Crippen molar-refractivity contribution in [3.05, 3.63) is 24.0 Å². The van der Waals surface area contributed by atoms with Crippen LogP contribution < -0.4 is 34.7 Å². The summed E-state index contributed by atoms with van der Waals surface area (Å²) in [6, 6.07) is 0. The number of nitrogens with zero attached hydrogens (tertiary/aromatic N) is 2. The molecule has 0 bridgehead atoms. The summed E-state index contributed by atoms with van der Waals surface area (Å²) in [6.45, 7) is 0.594. The molecule has 14 heavy (non-hydrogen) atoms. The first kappa shape index (κ1) is 13.6. The van der Waals surface area contributed by atoms with E-state index >= 15 is 0 Å². The fourth-order valence-corrected chi connectivity index (χ4v) is 0.918. The van der Waals surface area contributed by atoms with Crippen molar-refractivity contribution in [2.24, 2.45) is 0 Å². The summed E-state index contributed by atoms with van der Waals surface area (Å²) in [7, 11) is 0. The molecule has 4 nitrogen and oxygen atoms in total. The zero-order chi connectivity index (χ0) is 9.84. The Kier molecular flexibility index (Phi) is 6.03. The van der Waals surface area contributed by atoms with Gasteiger partial charge in [-0.3, -0.25) is 0 Å². The van der Waals surface area contributed by atoms with Crippen LogP contribution >= 0.6 is 0 Å². The third-order valence-electron chi connectivity index (χ3n) is 1.73. The van der Waals surface area contributed by atoms with Crippen molar-refractivity contribution in [3.63, 3.8) is 0 Å². The van der Waals surface area contributed by atoms with Crippen LogP contribution in [0.2, 0.25) is 0 Å². The van der Waals surface area contributed by atoms with Crippen molar-refractivity contribution in [2.75, 3.05) is 6.61 Å². The monoisotopic (exact) mass is 206 g/mol. The molecular weight excluding hydrogens is 198 g/mol. The second kappa shape index (κ2) is 6.19. The van der Waals surface area contributed by atoms with Crippen molar-refractivity contribution in [1.82, 2.24) is 9.97 Å². The van der Waals surface area contributed by atoms with Crippen LogP contribution in [0.5, 0.6) is 0 Å². The van der Waals surface area contributed by atoms with Gasteiger partial charge in [-0.15, -0.1) is 0 Å². The van der Waals surface area contributed by atoms with Crippen LogP contribution in [0.1, 0.15) is 18.5 Å². The van der Waals surface area contributed by atoms with Crippen LogP contribution in [0.3, 0.4) is 0 Å². The van der Waals surface area contributed by atoms with Gasteiger partial charge in [-0.25, -0.2) is 14.4 Å². The van der Waals surface area contributed by atoms with E-state index < -0.39 is 24.1 Å². The first-order valence-electron chi connectivity index (χ1n) is 3.73. The predicted octanol–water partition coefficient (Wildman–Crippen LogP) is -3.35. The van der Waals surface area contributed by atoms with Gasteiger partial charge in [0.15, 0.2) is 5.82 Å². The number of hydrogen-bond acceptors (Lipinski definition) is 4. The van der Waals surface area contributed by atoms with E-state index in [0.29, 0.717) is 0 Å². The number of aromatic nitrogens is 2. The zero-order valence-corrected chi connectivity index (χ0v) is 10.0. The molecule has 0 amide bonds. The van der Waals surface area contributed by atoms with E-state index in [9.17, 15) is 14.3 Å². The van der Waals surface area contributed by atoms with Gasteiger partial charge in [0.2, 0.25) is 0 Å². The molecule has 1 atom stereocenters. The molecule has 1 aromatic heterocycles. The maximum absolute atomic E-state index is 13.0. The molecule has 6 heteroatoms. The number of carbonyl (C=O) groups is 1. The molecule has 1 aromatic rings. The Balaban J connectivity index is 0.00000169. The molecule has 0 unspecified atom stereocenters. The van der Waals surface area contributed by atoms with Gasteiger partial charge in [0, 0.05) is 0 Å². The molecule has 0 aliphatic rings. The number of halogens is 1. The predicted molar refractivity (Wildman–Crippen MR) is 40.3 cm³/mol. The van der Waals surface area contributed by atoms with Gasteiger partial charge >= 0.3 is 29.6 Å². The molecular formula is C8H8FN2NaO2. The summed E-state index contributed by atoms with van der Waals surface area (Å²) in [5, 5.41) is 10.2. The van der Waals surface area contributed by atoms with Crippen molar-refractivity contribution in [1.29, 1.82) is 0 Å². The quantitative estimate of drug-likeness (QED) is 0.485. The number of hydrogen-bond donors (Lipinski definition) is 0. The normalized spacial score (nSPS) is 11.6. The van der Waals surface area contributed by atoms with Crippen molar-refractivity contribution >= 4 is 5.78 Å². The van der Waals surface area contributed by atoms with Crippen LogP contribution in [0.4, 0.5) is 4.39 Å². The van der Waals surface area contributed by atoms with E-state index in [4.69, 9.17) is 0 Å². The Morgan fingerprint density at radius 1 is 1.71 bits per heavy atom. The molecule has 70 valence electrons. The summed E-state index contributed by atoms with van der Waals surface area (Å²) in [4.78, 5) is 18.0. The molecule has 0 N–H and O–H groups in total. The van der Waals surface area contributed by atoms with E-state index in [2.05, 4.69) is 9.97 Å². The molecule has 0 fully saturated rings. The standard InChI is InChI=1S/C8H8FN2O2.Na/c1-5(7(13)3-12)8-6(9)2-10-4-11-8;/h2,4-5H,3H2,1H3;/q-1;+1/t5-;/m1./s1. The van der Waals surface area contributed by atoms with Crippen molar-refractivity contribution < 1.29 is 43.8 Å². The fourth-order valence-electron chi connectivity index (χ4n) is 0.918. The SMILES string of the molecule is C[C@H](C(=O)C[O-])c1ncncc1F.[Na+]. The third kappa shape index (κ3) is 3.09. The van der Waals surface area contributed by atoms with Crippen LogP contribution in [-0.2, 0) is 4.79 Å². The summed E-state index contributed by atoms with van der Waals surface area (Å²) in [6.07, 6.45) is 2.11. The van der Waals surface area contributed by atoms with Crippen molar-refractivity contribution in [2.45, 2.75) is 12.8 Å². The van der Waals surface area contributed by atoms with E-state index in [1.54, 1.807) is 0 Å². The van der Waals surface area contributed by atoms with Gasteiger partial charge in [-0.1, -0.05) is 6.61 Å². The van der Waals surface area contributed by atoms with Gasteiger partial charge < -0.3 is 9.90 Å². The van der Waals surface area contributed by atoms with E-state index in [-0.39, 0.29) is 35.3 Å². The first-order valence-corrected chi connectivity index (χ1v) is 3.73. The summed E-state index contributed by atoms with van der Waals surface area (Å²) in [5.41, 5.74) is -0.0177. The topological polar surface area (TPSA) is 65.9 Å². The minimum atomic E-state index is -0.857. The van der Waals surface area contributed by atoms with Crippen LogP contribution in [0.25, 0.3) is 0 Å². The Morgan fingerprint density at radius 2 is 2.36 bits per heavy atom. The summed E-state index contributed by atoms with van der Waals surface area (Å²) in [5.74, 6) is -2.02. The minimum Gasteiger partial charge on any atom is -0.849 e. The second-order valence-electron chi connectivity index (χ2n) is 2.59. The Hall–Kier alpha value is -0.360. The molecule has 1 heterocycles. The van der Waals surface area contributed by atoms with E-state index in [0.717, 1.165) is 12.5 Å². The Bertz CT molecular complexity index is 322. The molecule has 0 aliphatic carbocycles. The van der Waals surface area contributed by atoms with Crippen LogP contribution in [0.15, 0.2) is 12.5 Å². The van der Waals surface area contributed by atoms with Gasteiger partial charge in [0.1, 0.15) is 12.1 Å². The molecule has 0 saturated carbocycles. The van der Waals surface area contributed by atoms with E-state index in [1.165, 1.54) is 6.92 Å². The van der Waals surface area contributed by atoms with Gasteiger partial charge in [0.05, 0.1) is 17.8 Å². The van der Waals surface area contributed by atoms with Gasteiger partial charge in [0.25, 0.3) is 0 Å². The maximum Gasteiger partial charge on any atom is 1.00 e. The van der Waals surface area contributed by atoms with Crippen LogP contribution in [0, 0.1) is 5.82 Å². The molecule has 1 rings (SSSR count). The van der Waals surface area contributed by atoms with Gasteiger partial charge in [-0.2, -0.15) is 0 Å². The fraction of sp³-hybridized carbons (Fsp3) is 0.375. The summed E-state index contributed by atoms with van der Waals surface area (Å²) < 4.78 is 13.0. The number of carbonyl (C=O) groups excluding carboxylic acids is 1. The van der Waals surface area contributed by atoms with E-state index in [1.807, 2.05) is 0 Å². The molecule has 0 radical (unpaired) electrons. The average molecular weight is 206 g/mol. The Labute approximate surface area is 103 Å². The summed E-state index contributed by atoms with van der Waals surface area (Å²) >= 11 is 0. The van der Waals surface area contributed by atoms with Crippen LogP contribution in [-0.4, -0.2) is 22.4 Å². The Morgan fingerprint density at radius 3 is 2.86 bits per heavy atom. The minimum absolute atomic E-state index is 0. The molecule has 0 aliphatic heterocycles. The first-order chi connectivity index (χ1) is 6.16. The largest absolute Gasteiger partial charge is 1.00 e. The third-order valence-corrected chi connectivity index (χ3v) is 1.73. The molecule has 0 spiro atoms. The smallest absolute Gasteiger partial charge is 0.849 e. The van der Waals surface area contributed by atoms with Crippen molar-refractivity contribution in [3.8, 4) is 0 Å². The zero-order valence-electron chi connectivity index (χ0n) is 8.03. The average Bonchev–Trinajstić information content (AvgIpc) is 2.16. The van der Waals surface area contributed by atoms with Gasteiger partial charge in [-0.05, 0) is 6.92 Å². The second-order valence-corrected chi connectivity index (χ2v) is 2.59. The number of rotatable bonds is 3.